The smallest absolute Gasteiger partial charge is 0.239 e. The van der Waals surface area contributed by atoms with E-state index in [9.17, 15) is 4.79 Å². The van der Waals surface area contributed by atoms with Crippen LogP contribution in [0.1, 0.15) is 33.1 Å². The Labute approximate surface area is 73.9 Å². The molecule has 1 rings (SSSR count). The molecule has 0 aromatic rings. The molecule has 0 aromatic heterocycles. The van der Waals surface area contributed by atoms with Crippen LogP contribution in [0.15, 0.2) is 0 Å². The molecule has 3 nitrogen and oxygen atoms in total. The Morgan fingerprint density at radius 1 is 1.75 bits per heavy atom. The van der Waals surface area contributed by atoms with Gasteiger partial charge in [0, 0.05) is 12.6 Å². The van der Waals surface area contributed by atoms with Crippen LogP contribution in [-0.4, -0.2) is 29.4 Å². The zero-order valence-electron chi connectivity index (χ0n) is 7.92. The van der Waals surface area contributed by atoms with Crippen molar-refractivity contribution in [2.24, 2.45) is 5.73 Å². The zero-order chi connectivity index (χ0) is 9.14. The molecule has 70 valence electrons. The van der Waals surface area contributed by atoms with Crippen LogP contribution >= 0.6 is 0 Å². The lowest BCUT2D eigenvalue weighted by Gasteiger charge is -2.24. The predicted octanol–water partition coefficient (Wildman–Crippen LogP) is 0.735. The topological polar surface area (TPSA) is 46.3 Å². The molecule has 1 amide bonds. The van der Waals surface area contributed by atoms with Gasteiger partial charge < -0.3 is 10.6 Å². The van der Waals surface area contributed by atoms with Gasteiger partial charge in [0.2, 0.25) is 5.91 Å². The van der Waals surface area contributed by atoms with E-state index in [1.165, 1.54) is 0 Å². The predicted molar refractivity (Wildman–Crippen MR) is 48.7 cm³/mol. The van der Waals surface area contributed by atoms with E-state index in [4.69, 9.17) is 5.73 Å². The van der Waals surface area contributed by atoms with E-state index in [2.05, 4.69) is 6.92 Å². The first kappa shape index (κ1) is 9.52. The van der Waals surface area contributed by atoms with E-state index >= 15 is 0 Å². The second-order valence-electron chi connectivity index (χ2n) is 3.54. The molecule has 0 spiro atoms. The lowest BCUT2D eigenvalue weighted by Crippen LogP contribution is -2.44. The van der Waals surface area contributed by atoms with Gasteiger partial charge in [-0.2, -0.15) is 0 Å². The Morgan fingerprint density at radius 2 is 2.42 bits per heavy atom. The number of nitrogens with zero attached hydrogens (tertiary/aromatic N) is 1. The third kappa shape index (κ3) is 1.78. The molecule has 2 unspecified atom stereocenters. The second kappa shape index (κ2) is 3.90. The molecule has 12 heavy (non-hydrogen) atoms. The summed E-state index contributed by atoms with van der Waals surface area (Å²) in [5, 5.41) is 0. The Balaban J connectivity index is 2.51. The van der Waals surface area contributed by atoms with E-state index < -0.39 is 0 Å². The standard InChI is InChI=1S/C9H18N2O/c1-3-8(10)9(12)11-6-4-5-7(11)2/h7-8H,3-6,10H2,1-2H3. The van der Waals surface area contributed by atoms with Gasteiger partial charge in [-0.1, -0.05) is 6.92 Å². The van der Waals surface area contributed by atoms with Gasteiger partial charge in [-0.05, 0) is 26.2 Å². The molecule has 2 atom stereocenters. The first-order chi connectivity index (χ1) is 5.66. The van der Waals surface area contributed by atoms with Crippen LogP contribution in [0, 0.1) is 0 Å². The highest BCUT2D eigenvalue weighted by Gasteiger charge is 2.27. The molecule has 1 saturated heterocycles. The average Bonchev–Trinajstić information content (AvgIpc) is 2.48. The first-order valence-corrected chi connectivity index (χ1v) is 4.73. The molecular weight excluding hydrogens is 152 g/mol. The van der Waals surface area contributed by atoms with Crippen LogP contribution in [-0.2, 0) is 4.79 Å². The summed E-state index contributed by atoms with van der Waals surface area (Å²) in [6.45, 7) is 4.93. The molecule has 1 aliphatic heterocycles. The van der Waals surface area contributed by atoms with Gasteiger partial charge >= 0.3 is 0 Å². The lowest BCUT2D eigenvalue weighted by molar-refractivity contribution is -0.133. The molecule has 1 aliphatic rings. The summed E-state index contributed by atoms with van der Waals surface area (Å²) in [4.78, 5) is 13.5. The molecule has 0 bridgehead atoms. The highest BCUT2D eigenvalue weighted by atomic mass is 16.2. The molecule has 0 radical (unpaired) electrons. The number of likely N-dealkylation sites (tertiary alicyclic amines) is 1. The maximum Gasteiger partial charge on any atom is 0.239 e. The average molecular weight is 170 g/mol. The third-order valence-corrected chi connectivity index (χ3v) is 2.59. The number of amides is 1. The molecule has 3 heteroatoms. The van der Waals surface area contributed by atoms with E-state index in [-0.39, 0.29) is 11.9 Å². The maximum atomic E-state index is 11.6. The summed E-state index contributed by atoms with van der Waals surface area (Å²) in [6.07, 6.45) is 2.99. The Morgan fingerprint density at radius 3 is 2.83 bits per heavy atom. The first-order valence-electron chi connectivity index (χ1n) is 4.73. The summed E-state index contributed by atoms with van der Waals surface area (Å²) in [5.41, 5.74) is 5.67. The maximum absolute atomic E-state index is 11.6. The zero-order valence-corrected chi connectivity index (χ0v) is 7.92. The van der Waals surface area contributed by atoms with Gasteiger partial charge in [-0.3, -0.25) is 4.79 Å². The fourth-order valence-corrected chi connectivity index (χ4v) is 1.65. The van der Waals surface area contributed by atoms with Gasteiger partial charge in [0.15, 0.2) is 0 Å². The van der Waals surface area contributed by atoms with Crippen LogP contribution in [0.25, 0.3) is 0 Å². The number of carbonyl (C=O) groups excluding carboxylic acids is 1. The number of hydrogen-bond donors (Lipinski definition) is 1. The van der Waals surface area contributed by atoms with Gasteiger partial charge in [0.1, 0.15) is 0 Å². The normalized spacial score (nSPS) is 25.9. The van der Waals surface area contributed by atoms with Crippen LogP contribution < -0.4 is 5.73 Å². The minimum absolute atomic E-state index is 0.127. The third-order valence-electron chi connectivity index (χ3n) is 2.59. The molecule has 0 aromatic carbocycles. The summed E-state index contributed by atoms with van der Waals surface area (Å²) < 4.78 is 0. The molecule has 1 fully saturated rings. The monoisotopic (exact) mass is 170 g/mol. The van der Waals surface area contributed by atoms with Crippen molar-refractivity contribution in [1.82, 2.24) is 4.90 Å². The van der Waals surface area contributed by atoms with E-state index in [1.807, 2.05) is 11.8 Å². The van der Waals surface area contributed by atoms with Crippen LogP contribution in [0.2, 0.25) is 0 Å². The van der Waals surface area contributed by atoms with Crippen molar-refractivity contribution >= 4 is 5.91 Å². The lowest BCUT2D eigenvalue weighted by atomic mass is 10.2. The Hall–Kier alpha value is -0.570. The van der Waals surface area contributed by atoms with Crippen molar-refractivity contribution in [3.63, 3.8) is 0 Å². The van der Waals surface area contributed by atoms with Gasteiger partial charge in [-0.15, -0.1) is 0 Å². The van der Waals surface area contributed by atoms with E-state index in [0.717, 1.165) is 25.8 Å². The van der Waals surface area contributed by atoms with Gasteiger partial charge in [-0.25, -0.2) is 0 Å². The Bertz CT molecular complexity index is 170. The highest BCUT2D eigenvalue weighted by Crippen LogP contribution is 2.17. The van der Waals surface area contributed by atoms with Crippen LogP contribution in [0.5, 0.6) is 0 Å². The fourth-order valence-electron chi connectivity index (χ4n) is 1.65. The number of rotatable bonds is 2. The van der Waals surface area contributed by atoms with Gasteiger partial charge in [0.05, 0.1) is 6.04 Å². The van der Waals surface area contributed by atoms with Crippen molar-refractivity contribution in [3.8, 4) is 0 Å². The van der Waals surface area contributed by atoms with Crippen molar-refractivity contribution < 1.29 is 4.79 Å². The molecule has 0 saturated carbocycles. The summed E-state index contributed by atoms with van der Waals surface area (Å²) in [7, 11) is 0. The highest BCUT2D eigenvalue weighted by molar-refractivity contribution is 5.82. The number of nitrogens with two attached hydrogens (primary N) is 1. The second-order valence-corrected chi connectivity index (χ2v) is 3.54. The molecular formula is C9H18N2O. The molecule has 2 N–H and O–H groups in total. The van der Waals surface area contributed by atoms with Crippen molar-refractivity contribution in [2.45, 2.75) is 45.2 Å². The quantitative estimate of drug-likeness (QED) is 0.664. The van der Waals surface area contributed by atoms with E-state index in [1.54, 1.807) is 0 Å². The number of carbonyl (C=O) groups is 1. The van der Waals surface area contributed by atoms with Crippen molar-refractivity contribution in [1.29, 1.82) is 0 Å². The Kier molecular flexibility index (Phi) is 3.09. The minimum atomic E-state index is -0.287. The van der Waals surface area contributed by atoms with Crippen molar-refractivity contribution in [3.05, 3.63) is 0 Å². The van der Waals surface area contributed by atoms with Gasteiger partial charge in [0.25, 0.3) is 0 Å². The number of hydrogen-bond acceptors (Lipinski definition) is 2. The fraction of sp³-hybridized carbons (Fsp3) is 0.889. The molecule has 0 aliphatic carbocycles. The largest absolute Gasteiger partial charge is 0.339 e. The summed E-state index contributed by atoms with van der Waals surface area (Å²) in [5.74, 6) is 0.127. The van der Waals surface area contributed by atoms with Crippen LogP contribution in [0.3, 0.4) is 0 Å². The minimum Gasteiger partial charge on any atom is -0.339 e. The SMILES string of the molecule is CCC(N)C(=O)N1CCCC1C. The van der Waals surface area contributed by atoms with Crippen molar-refractivity contribution in [2.75, 3.05) is 6.54 Å². The molecule has 1 heterocycles. The van der Waals surface area contributed by atoms with E-state index in [0.29, 0.717) is 6.04 Å². The summed E-state index contributed by atoms with van der Waals surface area (Å²) >= 11 is 0. The summed E-state index contributed by atoms with van der Waals surface area (Å²) in [6, 6.07) is 0.112. The van der Waals surface area contributed by atoms with Crippen LogP contribution in [0.4, 0.5) is 0 Å².